The van der Waals surface area contributed by atoms with Crippen molar-refractivity contribution in [2.24, 2.45) is 0 Å². The van der Waals surface area contributed by atoms with Gasteiger partial charge in [0.15, 0.2) is 0 Å². The molecule has 1 aromatic heterocycles. The van der Waals surface area contributed by atoms with Crippen molar-refractivity contribution in [2.45, 2.75) is 37.6 Å². The molecule has 0 amide bonds. The molecule has 1 saturated heterocycles. The smallest absolute Gasteiger partial charge is 0.290 e. The third kappa shape index (κ3) is 4.93. The van der Waals surface area contributed by atoms with Crippen LogP contribution in [0.5, 0.6) is 0 Å². The normalized spacial score (nSPS) is 17.9. The standard InChI is InChI=1S/C26H27F3N4O/c27-26(28,29)22-17-23(19-11-12-19)30-33(25(22)34)18-31-13-15-32(16-14-31)24(20-7-3-1-4-8-20)21-9-5-2-6-10-21/h1-10,17,19,24H,11-16,18H2. The monoisotopic (exact) mass is 468 g/mol. The molecule has 2 aliphatic rings. The van der Waals surface area contributed by atoms with Crippen molar-refractivity contribution in [3.63, 3.8) is 0 Å². The molecule has 2 heterocycles. The highest BCUT2D eigenvalue weighted by Crippen LogP contribution is 2.40. The lowest BCUT2D eigenvalue weighted by Gasteiger charge is -2.39. The van der Waals surface area contributed by atoms with Crippen molar-refractivity contribution in [1.82, 2.24) is 19.6 Å². The van der Waals surface area contributed by atoms with Crippen LogP contribution in [-0.2, 0) is 12.8 Å². The third-order valence-electron chi connectivity index (χ3n) is 6.63. The van der Waals surface area contributed by atoms with Gasteiger partial charge in [0, 0.05) is 32.1 Å². The molecular weight excluding hydrogens is 441 g/mol. The number of rotatable bonds is 6. The summed E-state index contributed by atoms with van der Waals surface area (Å²) >= 11 is 0. The predicted molar refractivity (Wildman–Crippen MR) is 123 cm³/mol. The Morgan fingerprint density at radius 3 is 1.94 bits per heavy atom. The zero-order valence-electron chi connectivity index (χ0n) is 18.8. The summed E-state index contributed by atoms with van der Waals surface area (Å²) in [6.45, 7) is 2.81. The summed E-state index contributed by atoms with van der Waals surface area (Å²) in [6, 6.07) is 21.7. The highest BCUT2D eigenvalue weighted by atomic mass is 19.4. The molecule has 0 spiro atoms. The van der Waals surface area contributed by atoms with E-state index >= 15 is 0 Å². The molecule has 1 aliphatic carbocycles. The van der Waals surface area contributed by atoms with Gasteiger partial charge in [-0.1, -0.05) is 60.7 Å². The van der Waals surface area contributed by atoms with Gasteiger partial charge in [-0.3, -0.25) is 14.6 Å². The lowest BCUT2D eigenvalue weighted by Crippen LogP contribution is -2.49. The van der Waals surface area contributed by atoms with Crippen molar-refractivity contribution in [3.05, 3.63) is 99.5 Å². The maximum absolute atomic E-state index is 13.5. The van der Waals surface area contributed by atoms with Crippen molar-refractivity contribution in [1.29, 1.82) is 0 Å². The lowest BCUT2D eigenvalue weighted by atomic mass is 9.96. The second kappa shape index (κ2) is 9.35. The summed E-state index contributed by atoms with van der Waals surface area (Å²) in [5.41, 5.74) is 0.597. The van der Waals surface area contributed by atoms with Crippen molar-refractivity contribution in [2.75, 3.05) is 26.2 Å². The Balaban J connectivity index is 1.34. The van der Waals surface area contributed by atoms with E-state index in [0.717, 1.165) is 36.7 Å². The van der Waals surface area contributed by atoms with Gasteiger partial charge < -0.3 is 0 Å². The molecule has 0 radical (unpaired) electrons. The minimum absolute atomic E-state index is 0.0299. The fourth-order valence-electron chi connectivity index (χ4n) is 4.68. The number of aromatic nitrogens is 2. The second-order valence-electron chi connectivity index (χ2n) is 9.08. The van der Waals surface area contributed by atoms with Crippen molar-refractivity contribution >= 4 is 0 Å². The minimum atomic E-state index is -4.68. The lowest BCUT2D eigenvalue weighted by molar-refractivity contribution is -0.139. The summed E-state index contributed by atoms with van der Waals surface area (Å²) in [7, 11) is 0. The molecule has 0 atom stereocenters. The van der Waals surface area contributed by atoms with E-state index in [9.17, 15) is 18.0 Å². The van der Waals surface area contributed by atoms with E-state index in [1.807, 2.05) is 41.3 Å². The molecule has 1 aliphatic heterocycles. The van der Waals surface area contributed by atoms with Gasteiger partial charge in [0.2, 0.25) is 0 Å². The van der Waals surface area contributed by atoms with Gasteiger partial charge in [-0.2, -0.15) is 18.3 Å². The minimum Gasteiger partial charge on any atom is -0.290 e. The first-order chi connectivity index (χ1) is 16.4. The van der Waals surface area contributed by atoms with E-state index in [2.05, 4.69) is 34.3 Å². The Morgan fingerprint density at radius 2 is 1.44 bits per heavy atom. The van der Waals surface area contributed by atoms with Gasteiger partial charge in [0.25, 0.3) is 5.56 Å². The molecule has 0 N–H and O–H groups in total. The van der Waals surface area contributed by atoms with Gasteiger partial charge in [-0.15, -0.1) is 0 Å². The highest BCUT2D eigenvalue weighted by Gasteiger charge is 2.38. The van der Waals surface area contributed by atoms with Crippen LogP contribution in [0.2, 0.25) is 0 Å². The molecule has 5 nitrogen and oxygen atoms in total. The van der Waals surface area contributed by atoms with Crippen LogP contribution in [0.3, 0.4) is 0 Å². The summed E-state index contributed by atoms with van der Waals surface area (Å²) in [5, 5.41) is 4.30. The Labute approximate surface area is 196 Å². The maximum Gasteiger partial charge on any atom is 0.421 e. The van der Waals surface area contributed by atoms with E-state index in [4.69, 9.17) is 0 Å². The van der Waals surface area contributed by atoms with E-state index < -0.39 is 17.3 Å². The average molecular weight is 469 g/mol. The van der Waals surface area contributed by atoms with Gasteiger partial charge in [-0.25, -0.2) is 4.68 Å². The molecule has 0 unspecified atom stereocenters. The van der Waals surface area contributed by atoms with Crippen LogP contribution in [0.15, 0.2) is 71.5 Å². The molecule has 2 fully saturated rings. The van der Waals surface area contributed by atoms with Crippen LogP contribution in [0.25, 0.3) is 0 Å². The topological polar surface area (TPSA) is 41.4 Å². The SMILES string of the molecule is O=c1c(C(F)(F)F)cc(C2CC2)nn1CN1CCN(C(c2ccccc2)c2ccccc2)CC1. The molecule has 0 bridgehead atoms. The molecule has 3 aromatic rings. The number of alkyl halides is 3. The van der Waals surface area contributed by atoms with E-state index in [-0.39, 0.29) is 18.6 Å². The Kier molecular flexibility index (Phi) is 6.27. The first kappa shape index (κ1) is 22.8. The first-order valence-corrected chi connectivity index (χ1v) is 11.7. The van der Waals surface area contributed by atoms with Gasteiger partial charge in [0.1, 0.15) is 5.56 Å². The maximum atomic E-state index is 13.5. The quantitative estimate of drug-likeness (QED) is 0.534. The van der Waals surface area contributed by atoms with Gasteiger partial charge >= 0.3 is 6.18 Å². The van der Waals surface area contributed by atoms with E-state index in [0.29, 0.717) is 18.8 Å². The number of halogens is 3. The molecule has 34 heavy (non-hydrogen) atoms. The summed E-state index contributed by atoms with van der Waals surface area (Å²) in [5.74, 6) is 0.0299. The molecule has 1 saturated carbocycles. The van der Waals surface area contributed by atoms with Crippen LogP contribution in [0.4, 0.5) is 13.2 Å². The Hall–Kier alpha value is -2.97. The highest BCUT2D eigenvalue weighted by molar-refractivity contribution is 5.32. The number of nitrogens with zero attached hydrogens (tertiary/aromatic N) is 4. The number of hydrogen-bond donors (Lipinski definition) is 0. The molecule has 5 rings (SSSR count). The van der Waals surface area contributed by atoms with Gasteiger partial charge in [-0.05, 0) is 30.0 Å². The number of piperazine rings is 1. The molecular formula is C26H27F3N4O. The average Bonchev–Trinajstić information content (AvgIpc) is 3.68. The van der Waals surface area contributed by atoms with Gasteiger partial charge in [0.05, 0.1) is 18.4 Å². The number of hydrogen-bond acceptors (Lipinski definition) is 4. The van der Waals surface area contributed by atoms with Crippen LogP contribution < -0.4 is 5.56 Å². The van der Waals surface area contributed by atoms with E-state index in [1.54, 1.807) is 0 Å². The summed E-state index contributed by atoms with van der Waals surface area (Å²) in [6.07, 6.45) is -3.04. The van der Waals surface area contributed by atoms with Crippen LogP contribution in [0.1, 0.15) is 47.2 Å². The van der Waals surface area contributed by atoms with Crippen molar-refractivity contribution in [3.8, 4) is 0 Å². The van der Waals surface area contributed by atoms with Crippen LogP contribution in [-0.4, -0.2) is 45.8 Å². The first-order valence-electron chi connectivity index (χ1n) is 11.7. The fraction of sp³-hybridized carbons (Fsp3) is 0.385. The Morgan fingerprint density at radius 1 is 0.882 bits per heavy atom. The number of benzene rings is 2. The van der Waals surface area contributed by atoms with Crippen molar-refractivity contribution < 1.29 is 13.2 Å². The van der Waals surface area contributed by atoms with Crippen LogP contribution in [0, 0.1) is 0 Å². The zero-order valence-corrected chi connectivity index (χ0v) is 18.8. The molecule has 8 heteroatoms. The molecule has 178 valence electrons. The summed E-state index contributed by atoms with van der Waals surface area (Å²) in [4.78, 5) is 17.0. The van der Waals surface area contributed by atoms with Crippen LogP contribution >= 0.6 is 0 Å². The predicted octanol–water partition coefficient (Wildman–Crippen LogP) is 4.50. The summed E-state index contributed by atoms with van der Waals surface area (Å²) < 4.78 is 41.4. The zero-order chi connectivity index (χ0) is 23.7. The molecule has 2 aromatic carbocycles. The largest absolute Gasteiger partial charge is 0.421 e. The fourth-order valence-corrected chi connectivity index (χ4v) is 4.68. The van der Waals surface area contributed by atoms with E-state index in [1.165, 1.54) is 11.1 Å². The third-order valence-corrected chi connectivity index (χ3v) is 6.63. The Bertz CT molecular complexity index is 1130. The second-order valence-corrected chi connectivity index (χ2v) is 9.08.